The average molecular weight is 453 g/mol. The van der Waals surface area contributed by atoms with Crippen LogP contribution in [0.5, 0.6) is 0 Å². The fourth-order valence-corrected chi connectivity index (χ4v) is 4.25. The van der Waals surface area contributed by atoms with Gasteiger partial charge in [0.05, 0.1) is 0 Å². The molecular weight excluding hydrogens is 420 g/mol. The molecule has 3 rings (SSSR count). The van der Waals surface area contributed by atoms with Gasteiger partial charge in [-0.05, 0) is 41.5 Å². The molecular formula is C26H32N2O5. The van der Waals surface area contributed by atoms with E-state index in [1.807, 2.05) is 31.2 Å². The van der Waals surface area contributed by atoms with Gasteiger partial charge >= 0.3 is 12.1 Å². The number of benzene rings is 2. The van der Waals surface area contributed by atoms with E-state index in [1.165, 1.54) is 0 Å². The molecule has 0 radical (unpaired) electrons. The second-order valence-corrected chi connectivity index (χ2v) is 8.31. The zero-order valence-electron chi connectivity index (χ0n) is 19.0. The maximum Gasteiger partial charge on any atom is 0.407 e. The standard InChI is InChI=1S/C26H32N2O5/c1-2-10-23(25(31)27-16-9-3-4-15-24(29)30)28-26(32)33-17-22-20-13-7-5-11-18(20)19-12-6-8-14-21(19)22/h5-8,11-14,22-23H,2-4,9-10,15-17H2,1H3,(H,27,31)(H,28,32)(H,29,30). The number of fused-ring (bicyclic) bond motifs is 3. The van der Waals surface area contributed by atoms with Gasteiger partial charge in [-0.2, -0.15) is 0 Å². The van der Waals surface area contributed by atoms with Crippen molar-refractivity contribution in [3.63, 3.8) is 0 Å². The van der Waals surface area contributed by atoms with Crippen LogP contribution in [0.2, 0.25) is 0 Å². The van der Waals surface area contributed by atoms with Gasteiger partial charge in [-0.1, -0.05) is 68.3 Å². The van der Waals surface area contributed by atoms with Crippen LogP contribution in [0.15, 0.2) is 48.5 Å². The zero-order chi connectivity index (χ0) is 23.6. The van der Waals surface area contributed by atoms with Crippen LogP contribution in [0, 0.1) is 0 Å². The lowest BCUT2D eigenvalue weighted by Crippen LogP contribution is -2.47. The van der Waals surface area contributed by atoms with Crippen LogP contribution in [-0.4, -0.2) is 42.3 Å². The number of unbranched alkanes of at least 4 members (excludes halogenated alkanes) is 2. The van der Waals surface area contributed by atoms with E-state index < -0.39 is 18.1 Å². The molecule has 1 atom stereocenters. The van der Waals surface area contributed by atoms with Crippen LogP contribution >= 0.6 is 0 Å². The molecule has 7 heteroatoms. The van der Waals surface area contributed by atoms with E-state index >= 15 is 0 Å². The Kier molecular flexibility index (Phi) is 8.87. The van der Waals surface area contributed by atoms with Crippen molar-refractivity contribution in [1.82, 2.24) is 10.6 Å². The number of carbonyl (C=O) groups is 3. The molecule has 0 aromatic heterocycles. The third-order valence-corrected chi connectivity index (χ3v) is 5.90. The van der Waals surface area contributed by atoms with Gasteiger partial charge in [-0.25, -0.2) is 4.79 Å². The highest BCUT2D eigenvalue weighted by atomic mass is 16.5. The van der Waals surface area contributed by atoms with E-state index in [-0.39, 0.29) is 24.9 Å². The highest BCUT2D eigenvalue weighted by Gasteiger charge is 2.29. The SMILES string of the molecule is CCCC(NC(=O)OCC1c2ccccc2-c2ccccc21)C(=O)NCCCCCC(=O)O. The number of carbonyl (C=O) groups excluding carboxylic acids is 2. The summed E-state index contributed by atoms with van der Waals surface area (Å²) in [5.41, 5.74) is 4.59. The summed E-state index contributed by atoms with van der Waals surface area (Å²) in [6, 6.07) is 15.6. The van der Waals surface area contributed by atoms with E-state index in [1.54, 1.807) is 0 Å². The van der Waals surface area contributed by atoms with Gasteiger partial charge in [0.15, 0.2) is 0 Å². The molecule has 0 saturated heterocycles. The van der Waals surface area contributed by atoms with Crippen LogP contribution in [0.25, 0.3) is 11.1 Å². The lowest BCUT2D eigenvalue weighted by molar-refractivity contribution is -0.137. The summed E-state index contributed by atoms with van der Waals surface area (Å²) >= 11 is 0. The van der Waals surface area contributed by atoms with Gasteiger partial charge in [0.2, 0.25) is 5.91 Å². The van der Waals surface area contributed by atoms with E-state index in [4.69, 9.17) is 9.84 Å². The summed E-state index contributed by atoms with van der Waals surface area (Å²) in [7, 11) is 0. The Hall–Kier alpha value is -3.35. The van der Waals surface area contributed by atoms with Crippen LogP contribution < -0.4 is 10.6 Å². The molecule has 1 aliphatic carbocycles. The Balaban J connectivity index is 1.50. The maximum atomic E-state index is 12.5. The molecule has 0 fully saturated rings. The molecule has 0 spiro atoms. The highest BCUT2D eigenvalue weighted by Crippen LogP contribution is 2.44. The summed E-state index contributed by atoms with van der Waals surface area (Å²) in [4.78, 5) is 35.6. The minimum atomic E-state index is -0.811. The van der Waals surface area contributed by atoms with Gasteiger partial charge < -0.3 is 20.5 Å². The number of aliphatic carboxylic acids is 1. The highest BCUT2D eigenvalue weighted by molar-refractivity contribution is 5.85. The minimum absolute atomic E-state index is 0.0348. The first-order chi connectivity index (χ1) is 16.0. The molecule has 0 aliphatic heterocycles. The molecule has 0 heterocycles. The molecule has 33 heavy (non-hydrogen) atoms. The van der Waals surface area contributed by atoms with Crippen LogP contribution in [0.1, 0.15) is 62.5 Å². The van der Waals surface area contributed by atoms with Gasteiger partial charge in [0.1, 0.15) is 12.6 Å². The molecule has 7 nitrogen and oxygen atoms in total. The lowest BCUT2D eigenvalue weighted by Gasteiger charge is -2.19. The van der Waals surface area contributed by atoms with Crippen LogP contribution in [0.3, 0.4) is 0 Å². The summed E-state index contributed by atoms with van der Waals surface area (Å²) < 4.78 is 5.56. The monoisotopic (exact) mass is 452 g/mol. The van der Waals surface area contributed by atoms with Crippen molar-refractivity contribution in [2.45, 2.75) is 57.4 Å². The normalized spacial score (nSPS) is 13.0. The Bertz CT molecular complexity index is 929. The lowest BCUT2D eigenvalue weighted by atomic mass is 9.98. The number of hydrogen-bond donors (Lipinski definition) is 3. The van der Waals surface area contributed by atoms with Crippen molar-refractivity contribution in [3.8, 4) is 11.1 Å². The molecule has 3 N–H and O–H groups in total. The number of carboxylic acids is 1. The molecule has 0 bridgehead atoms. The van der Waals surface area contributed by atoms with Crippen molar-refractivity contribution in [3.05, 3.63) is 59.7 Å². The maximum absolute atomic E-state index is 12.5. The van der Waals surface area contributed by atoms with Crippen molar-refractivity contribution < 1.29 is 24.2 Å². The number of rotatable bonds is 12. The summed E-state index contributed by atoms with van der Waals surface area (Å²) in [5.74, 6) is -1.09. The number of nitrogens with one attached hydrogen (secondary N) is 2. The van der Waals surface area contributed by atoms with Crippen molar-refractivity contribution in [1.29, 1.82) is 0 Å². The second kappa shape index (κ2) is 12.0. The summed E-state index contributed by atoms with van der Waals surface area (Å²) in [6.45, 7) is 2.60. The van der Waals surface area contributed by atoms with Gasteiger partial charge in [0, 0.05) is 18.9 Å². The summed E-state index contributed by atoms with van der Waals surface area (Å²) in [6.07, 6.45) is 2.78. The molecule has 2 aromatic carbocycles. The third kappa shape index (κ3) is 6.57. The van der Waals surface area contributed by atoms with Crippen LogP contribution in [0.4, 0.5) is 4.79 Å². The average Bonchev–Trinajstić information content (AvgIpc) is 3.13. The predicted molar refractivity (Wildman–Crippen MR) is 126 cm³/mol. The minimum Gasteiger partial charge on any atom is -0.481 e. The van der Waals surface area contributed by atoms with Gasteiger partial charge in [-0.3, -0.25) is 9.59 Å². The number of ether oxygens (including phenoxy) is 1. The van der Waals surface area contributed by atoms with E-state index in [0.717, 1.165) is 35.1 Å². The van der Waals surface area contributed by atoms with Crippen molar-refractivity contribution in [2.75, 3.05) is 13.2 Å². The summed E-state index contributed by atoms with van der Waals surface area (Å²) in [5, 5.41) is 14.2. The molecule has 1 unspecified atom stereocenters. The number of alkyl carbamates (subject to hydrolysis) is 1. The Morgan fingerprint density at radius 2 is 1.61 bits per heavy atom. The first-order valence-electron chi connectivity index (χ1n) is 11.6. The Morgan fingerprint density at radius 3 is 2.21 bits per heavy atom. The number of hydrogen-bond acceptors (Lipinski definition) is 4. The Morgan fingerprint density at radius 1 is 0.970 bits per heavy atom. The fraction of sp³-hybridized carbons (Fsp3) is 0.423. The van der Waals surface area contributed by atoms with E-state index in [2.05, 4.69) is 34.9 Å². The first-order valence-corrected chi connectivity index (χ1v) is 11.6. The predicted octanol–water partition coefficient (Wildman–Crippen LogP) is 4.46. The molecule has 2 amide bonds. The first kappa shape index (κ1) is 24.3. The smallest absolute Gasteiger partial charge is 0.407 e. The van der Waals surface area contributed by atoms with E-state index in [0.29, 0.717) is 25.8 Å². The quantitative estimate of drug-likeness (QED) is 0.413. The van der Waals surface area contributed by atoms with Crippen molar-refractivity contribution in [2.24, 2.45) is 0 Å². The molecule has 0 saturated carbocycles. The number of amides is 2. The zero-order valence-corrected chi connectivity index (χ0v) is 19.0. The molecule has 176 valence electrons. The van der Waals surface area contributed by atoms with Gasteiger partial charge in [0.25, 0.3) is 0 Å². The van der Waals surface area contributed by atoms with Crippen molar-refractivity contribution >= 4 is 18.0 Å². The topological polar surface area (TPSA) is 105 Å². The largest absolute Gasteiger partial charge is 0.481 e. The second-order valence-electron chi connectivity index (χ2n) is 8.31. The molecule has 1 aliphatic rings. The third-order valence-electron chi connectivity index (χ3n) is 5.90. The fourth-order valence-electron chi connectivity index (χ4n) is 4.25. The Labute approximate surface area is 194 Å². The van der Waals surface area contributed by atoms with Crippen LogP contribution in [-0.2, 0) is 14.3 Å². The number of carboxylic acid groups (broad SMARTS) is 1. The molecule has 2 aromatic rings. The van der Waals surface area contributed by atoms with E-state index in [9.17, 15) is 14.4 Å². The van der Waals surface area contributed by atoms with Gasteiger partial charge in [-0.15, -0.1) is 0 Å².